The van der Waals surface area contributed by atoms with Crippen LogP contribution in [0, 0.1) is 13.8 Å². The Balaban J connectivity index is 1.98. The summed E-state index contributed by atoms with van der Waals surface area (Å²) in [6.45, 7) is 5.28. The number of hydroxylamine groups is 1. The third-order valence-corrected chi connectivity index (χ3v) is 5.21. The zero-order valence-electron chi connectivity index (χ0n) is 11.8. The van der Waals surface area contributed by atoms with Crippen LogP contribution in [0.2, 0.25) is 0 Å². The first-order chi connectivity index (χ1) is 10.1. The fraction of sp³-hybridized carbons (Fsp3) is 0.333. The van der Waals surface area contributed by atoms with Gasteiger partial charge >= 0.3 is 0 Å². The van der Waals surface area contributed by atoms with Crippen LogP contribution in [-0.4, -0.2) is 29.3 Å². The Labute approximate surface area is 126 Å². The molecule has 0 saturated carbocycles. The minimum absolute atomic E-state index is 0.210. The van der Waals surface area contributed by atoms with Crippen molar-refractivity contribution in [2.75, 3.05) is 13.2 Å². The molecule has 5 nitrogen and oxygen atoms in total. The van der Waals surface area contributed by atoms with Crippen molar-refractivity contribution in [2.45, 2.75) is 19.3 Å². The minimum atomic E-state index is -0.513. The molecule has 0 atom stereocenters. The van der Waals surface area contributed by atoms with Gasteiger partial charge in [0.2, 0.25) is 0 Å². The Morgan fingerprint density at radius 1 is 1.33 bits per heavy atom. The molecule has 1 aromatic carbocycles. The lowest BCUT2D eigenvalue weighted by Gasteiger charge is -2.40. The highest BCUT2D eigenvalue weighted by molar-refractivity contribution is 7.11. The van der Waals surface area contributed by atoms with Crippen LogP contribution in [0.5, 0.6) is 0 Å². The first-order valence-corrected chi connectivity index (χ1v) is 7.46. The van der Waals surface area contributed by atoms with Crippen LogP contribution in [-0.2, 0) is 10.2 Å². The Hall–Kier alpha value is -1.76. The van der Waals surface area contributed by atoms with E-state index in [-0.39, 0.29) is 5.41 Å². The molecule has 1 aliphatic rings. The molecule has 1 saturated heterocycles. The summed E-state index contributed by atoms with van der Waals surface area (Å²) >= 11 is 1.70. The van der Waals surface area contributed by atoms with Gasteiger partial charge in [0, 0.05) is 10.4 Å². The molecule has 0 aliphatic carbocycles. The van der Waals surface area contributed by atoms with Crippen LogP contribution in [0.3, 0.4) is 0 Å². The Morgan fingerprint density at radius 3 is 2.43 bits per heavy atom. The minimum Gasteiger partial charge on any atom is -0.379 e. The lowest BCUT2D eigenvalue weighted by Crippen LogP contribution is -2.47. The maximum absolute atomic E-state index is 11.4. The summed E-state index contributed by atoms with van der Waals surface area (Å²) in [4.78, 5) is 17.3. The van der Waals surface area contributed by atoms with Gasteiger partial charge < -0.3 is 4.74 Å². The van der Waals surface area contributed by atoms with Gasteiger partial charge in [-0.15, -0.1) is 11.3 Å². The summed E-state index contributed by atoms with van der Waals surface area (Å²) in [5, 5.41) is 9.72. The van der Waals surface area contributed by atoms with E-state index < -0.39 is 5.91 Å². The van der Waals surface area contributed by atoms with Crippen LogP contribution in [0.4, 0.5) is 0 Å². The van der Waals surface area contributed by atoms with E-state index in [1.807, 2.05) is 19.1 Å². The lowest BCUT2D eigenvalue weighted by molar-refractivity contribution is -0.0381. The Kier molecular flexibility index (Phi) is 3.52. The molecule has 2 N–H and O–H groups in total. The number of nitrogens with one attached hydrogen (secondary N) is 1. The van der Waals surface area contributed by atoms with Gasteiger partial charge in [0.15, 0.2) is 0 Å². The van der Waals surface area contributed by atoms with E-state index in [0.29, 0.717) is 18.8 Å². The number of nitrogens with zero attached hydrogens (tertiary/aromatic N) is 1. The van der Waals surface area contributed by atoms with E-state index in [1.54, 1.807) is 28.9 Å². The van der Waals surface area contributed by atoms with Gasteiger partial charge in [0.05, 0.1) is 24.3 Å². The Bertz CT molecular complexity index is 655. The monoisotopic (exact) mass is 304 g/mol. The number of carbonyl (C=O) groups excluding carboxylic acids is 1. The Morgan fingerprint density at radius 2 is 2.00 bits per heavy atom. The fourth-order valence-corrected chi connectivity index (χ4v) is 3.50. The number of hydrogen-bond donors (Lipinski definition) is 2. The molecule has 0 spiro atoms. The molecule has 21 heavy (non-hydrogen) atoms. The number of amides is 1. The van der Waals surface area contributed by atoms with Crippen molar-refractivity contribution in [3.8, 4) is 0 Å². The van der Waals surface area contributed by atoms with Crippen LogP contribution in [0.1, 0.15) is 31.5 Å². The molecule has 110 valence electrons. The smallest absolute Gasteiger partial charge is 0.274 e. The van der Waals surface area contributed by atoms with E-state index in [1.165, 1.54) is 4.88 Å². The van der Waals surface area contributed by atoms with Gasteiger partial charge in [-0.2, -0.15) is 0 Å². The molecule has 0 unspecified atom stereocenters. The lowest BCUT2D eigenvalue weighted by atomic mass is 9.79. The number of benzene rings is 1. The third-order valence-electron chi connectivity index (χ3n) is 3.94. The average molecular weight is 304 g/mol. The highest BCUT2D eigenvalue weighted by Crippen LogP contribution is 2.41. The number of hydrogen-bond acceptors (Lipinski definition) is 5. The first-order valence-electron chi connectivity index (χ1n) is 6.64. The van der Waals surface area contributed by atoms with Crippen LogP contribution in [0.15, 0.2) is 24.3 Å². The van der Waals surface area contributed by atoms with Gasteiger partial charge in [0.25, 0.3) is 5.91 Å². The summed E-state index contributed by atoms with van der Waals surface area (Å²) in [5.41, 5.74) is 3.98. The molecule has 1 amide bonds. The van der Waals surface area contributed by atoms with Crippen LogP contribution in [0.25, 0.3) is 0 Å². The standard InChI is InChI=1S/C15H16N2O3S/c1-9-10(2)21-14(16-9)15(7-20-8-15)12-5-3-11(4-6-12)13(18)17-19/h3-6,19H,7-8H2,1-2H3,(H,17,18). The van der Waals surface area contributed by atoms with Gasteiger partial charge in [-0.05, 0) is 31.5 Å². The maximum Gasteiger partial charge on any atom is 0.274 e. The third kappa shape index (κ3) is 2.25. The van der Waals surface area contributed by atoms with Crippen molar-refractivity contribution in [1.82, 2.24) is 10.5 Å². The van der Waals surface area contributed by atoms with Crippen molar-refractivity contribution in [1.29, 1.82) is 0 Å². The summed E-state index contributed by atoms with van der Waals surface area (Å²) in [6, 6.07) is 7.21. The van der Waals surface area contributed by atoms with Crippen molar-refractivity contribution < 1.29 is 14.7 Å². The molecular weight excluding hydrogens is 288 g/mol. The normalized spacial score (nSPS) is 16.3. The number of aromatic nitrogens is 1. The van der Waals surface area contributed by atoms with Crippen molar-refractivity contribution in [3.05, 3.63) is 51.0 Å². The molecule has 6 heteroatoms. The van der Waals surface area contributed by atoms with Gasteiger partial charge in [-0.1, -0.05) is 12.1 Å². The van der Waals surface area contributed by atoms with E-state index in [9.17, 15) is 4.79 Å². The summed E-state index contributed by atoms with van der Waals surface area (Å²) in [6.07, 6.45) is 0. The predicted octanol–water partition coefficient (Wildman–Crippen LogP) is 2.20. The second-order valence-electron chi connectivity index (χ2n) is 5.25. The van der Waals surface area contributed by atoms with E-state index >= 15 is 0 Å². The molecule has 0 radical (unpaired) electrons. The second kappa shape index (κ2) is 5.22. The molecule has 1 aromatic heterocycles. The van der Waals surface area contributed by atoms with Crippen molar-refractivity contribution >= 4 is 17.2 Å². The van der Waals surface area contributed by atoms with E-state index in [4.69, 9.17) is 9.94 Å². The number of thiazole rings is 1. The number of rotatable bonds is 3. The van der Waals surface area contributed by atoms with E-state index in [2.05, 4.69) is 11.9 Å². The molecule has 2 heterocycles. The average Bonchev–Trinajstić information content (AvgIpc) is 2.77. The molecule has 0 bridgehead atoms. The van der Waals surface area contributed by atoms with Crippen molar-refractivity contribution in [2.24, 2.45) is 0 Å². The topological polar surface area (TPSA) is 71.5 Å². The maximum atomic E-state index is 11.4. The quantitative estimate of drug-likeness (QED) is 0.673. The van der Waals surface area contributed by atoms with Crippen LogP contribution >= 0.6 is 11.3 Å². The predicted molar refractivity (Wildman–Crippen MR) is 78.9 cm³/mol. The molecule has 3 rings (SSSR count). The summed E-state index contributed by atoms with van der Waals surface area (Å²) in [5.74, 6) is -0.513. The van der Waals surface area contributed by atoms with Gasteiger partial charge in [-0.3, -0.25) is 10.0 Å². The molecule has 1 fully saturated rings. The summed E-state index contributed by atoms with van der Waals surface area (Å²) in [7, 11) is 0. The van der Waals surface area contributed by atoms with Gasteiger partial charge in [-0.25, -0.2) is 10.5 Å². The zero-order valence-corrected chi connectivity index (χ0v) is 12.7. The number of ether oxygens (including phenoxy) is 1. The van der Waals surface area contributed by atoms with Crippen LogP contribution < -0.4 is 5.48 Å². The second-order valence-corrected chi connectivity index (χ2v) is 6.46. The SMILES string of the molecule is Cc1nc(C2(c3ccc(C(=O)NO)cc3)COC2)sc1C. The van der Waals surface area contributed by atoms with Crippen molar-refractivity contribution in [3.63, 3.8) is 0 Å². The molecule has 1 aliphatic heterocycles. The molecular formula is C15H16N2O3S. The van der Waals surface area contributed by atoms with E-state index in [0.717, 1.165) is 16.3 Å². The largest absolute Gasteiger partial charge is 0.379 e. The highest BCUT2D eigenvalue weighted by atomic mass is 32.1. The number of carbonyl (C=O) groups is 1. The highest BCUT2D eigenvalue weighted by Gasteiger charge is 2.44. The fourth-order valence-electron chi connectivity index (χ4n) is 2.40. The molecule has 2 aromatic rings. The zero-order chi connectivity index (χ0) is 15.0. The summed E-state index contributed by atoms with van der Waals surface area (Å²) < 4.78 is 5.44. The number of aryl methyl sites for hydroxylation is 2. The van der Waals surface area contributed by atoms with Gasteiger partial charge in [0.1, 0.15) is 5.01 Å². The first kappa shape index (κ1) is 14.2.